The highest BCUT2D eigenvalue weighted by Crippen LogP contribution is 2.39. The molecule has 0 aromatic heterocycles. The Kier molecular flexibility index (Phi) is 3.33. The van der Waals surface area contributed by atoms with Gasteiger partial charge in [-0.25, -0.2) is 4.79 Å². The van der Waals surface area contributed by atoms with E-state index in [2.05, 4.69) is 0 Å². The van der Waals surface area contributed by atoms with Gasteiger partial charge in [-0.3, -0.25) is 4.79 Å². The molecule has 1 unspecified atom stereocenters. The smallest absolute Gasteiger partial charge is 0.416 e. The highest BCUT2D eigenvalue weighted by atomic mass is 19.4. The molecule has 1 aromatic carbocycles. The molecule has 0 saturated carbocycles. The molecule has 0 bridgehead atoms. The predicted molar refractivity (Wildman–Crippen MR) is 61.5 cm³/mol. The van der Waals surface area contributed by atoms with Crippen molar-refractivity contribution < 1.29 is 32.6 Å². The minimum Gasteiger partial charge on any atom is -0.478 e. The first-order valence-corrected chi connectivity index (χ1v) is 5.59. The van der Waals surface area contributed by atoms with Gasteiger partial charge in [0.05, 0.1) is 17.8 Å². The van der Waals surface area contributed by atoms with Crippen LogP contribution in [0.25, 0.3) is 0 Å². The summed E-state index contributed by atoms with van der Waals surface area (Å²) in [7, 11) is 0. The average molecular weight is 289 g/mol. The number of amides is 1. The summed E-state index contributed by atoms with van der Waals surface area (Å²) in [4.78, 5) is 23.4. The molecular formula is C12H10F3NO4. The quantitative estimate of drug-likeness (QED) is 0.857. The van der Waals surface area contributed by atoms with E-state index < -0.39 is 29.7 Å². The molecule has 1 N–H and O–H groups in total. The molecule has 1 heterocycles. The van der Waals surface area contributed by atoms with E-state index in [0.29, 0.717) is 0 Å². The predicted octanol–water partition coefficient (Wildman–Crippen LogP) is 1.90. The van der Waals surface area contributed by atoms with Crippen LogP contribution in [0.2, 0.25) is 0 Å². The maximum absolute atomic E-state index is 12.7. The number of halogens is 3. The molecule has 0 aliphatic carbocycles. The third-order valence-corrected chi connectivity index (χ3v) is 2.85. The van der Waals surface area contributed by atoms with Gasteiger partial charge in [0, 0.05) is 6.92 Å². The Morgan fingerprint density at radius 3 is 2.55 bits per heavy atom. The molecule has 1 aliphatic rings. The Balaban J connectivity index is 2.49. The van der Waals surface area contributed by atoms with Gasteiger partial charge in [0.25, 0.3) is 0 Å². The van der Waals surface area contributed by atoms with Gasteiger partial charge >= 0.3 is 12.1 Å². The molecule has 1 atom stereocenters. The first-order valence-electron chi connectivity index (χ1n) is 5.59. The monoisotopic (exact) mass is 289 g/mol. The summed E-state index contributed by atoms with van der Waals surface area (Å²) < 4.78 is 43.0. The van der Waals surface area contributed by atoms with Crippen LogP contribution in [-0.4, -0.2) is 29.6 Å². The summed E-state index contributed by atoms with van der Waals surface area (Å²) in [6.45, 7) is 0.813. The summed E-state index contributed by atoms with van der Waals surface area (Å²) in [5.74, 6) is -1.91. The standard InChI is InChI=1S/C12H10F3NO4/c1-6(17)16-5-10(11(18)19)20-9-3-2-7(4-8(9)16)12(13,14)15/h2-4,10H,5H2,1H3,(H,18,19). The second-order valence-electron chi connectivity index (χ2n) is 4.25. The lowest BCUT2D eigenvalue weighted by Crippen LogP contribution is -2.46. The first kappa shape index (κ1) is 14.2. The van der Waals surface area contributed by atoms with Gasteiger partial charge in [-0.2, -0.15) is 13.2 Å². The Hall–Kier alpha value is -2.25. The fourth-order valence-electron chi connectivity index (χ4n) is 1.89. The Morgan fingerprint density at radius 1 is 1.40 bits per heavy atom. The van der Waals surface area contributed by atoms with Crippen molar-refractivity contribution >= 4 is 17.6 Å². The maximum atomic E-state index is 12.7. The fraction of sp³-hybridized carbons (Fsp3) is 0.333. The van der Waals surface area contributed by atoms with E-state index in [1.807, 2.05) is 0 Å². The first-order chi connectivity index (χ1) is 9.20. The van der Waals surface area contributed by atoms with E-state index in [0.717, 1.165) is 30.0 Å². The number of benzene rings is 1. The van der Waals surface area contributed by atoms with Crippen molar-refractivity contribution in [2.24, 2.45) is 0 Å². The number of rotatable bonds is 1. The van der Waals surface area contributed by atoms with Crippen LogP contribution in [0.5, 0.6) is 5.75 Å². The molecule has 0 radical (unpaired) electrons. The summed E-state index contributed by atoms with van der Waals surface area (Å²) in [5.41, 5.74) is -1.01. The molecular weight excluding hydrogens is 279 g/mol. The van der Waals surface area contributed by atoms with Crippen molar-refractivity contribution in [1.82, 2.24) is 0 Å². The largest absolute Gasteiger partial charge is 0.478 e. The summed E-state index contributed by atoms with van der Waals surface area (Å²) in [5, 5.41) is 8.90. The lowest BCUT2D eigenvalue weighted by atomic mass is 10.1. The van der Waals surface area contributed by atoms with Crippen LogP contribution >= 0.6 is 0 Å². The van der Waals surface area contributed by atoms with Crippen LogP contribution in [0, 0.1) is 0 Å². The van der Waals surface area contributed by atoms with E-state index in [-0.39, 0.29) is 18.0 Å². The molecule has 20 heavy (non-hydrogen) atoms. The van der Waals surface area contributed by atoms with Gasteiger partial charge in [0.1, 0.15) is 5.75 Å². The number of anilines is 1. The number of carbonyl (C=O) groups excluding carboxylic acids is 1. The number of ether oxygens (including phenoxy) is 1. The lowest BCUT2D eigenvalue weighted by Gasteiger charge is -2.32. The molecule has 108 valence electrons. The second-order valence-corrected chi connectivity index (χ2v) is 4.25. The van der Waals surface area contributed by atoms with Gasteiger partial charge in [0.15, 0.2) is 0 Å². The van der Waals surface area contributed by atoms with E-state index in [4.69, 9.17) is 9.84 Å². The van der Waals surface area contributed by atoms with Gasteiger partial charge in [-0.1, -0.05) is 0 Å². The number of carboxylic acids is 1. The number of alkyl halides is 3. The minimum absolute atomic E-state index is 0.0631. The molecule has 1 aromatic rings. The maximum Gasteiger partial charge on any atom is 0.416 e. The average Bonchev–Trinajstić information content (AvgIpc) is 2.35. The summed E-state index contributed by atoms with van der Waals surface area (Å²) in [6.07, 6.45) is -5.86. The molecule has 1 amide bonds. The highest BCUT2D eigenvalue weighted by Gasteiger charge is 2.36. The Morgan fingerprint density at radius 2 is 2.05 bits per heavy atom. The number of aliphatic carboxylic acids is 1. The zero-order chi connectivity index (χ0) is 15.1. The third-order valence-electron chi connectivity index (χ3n) is 2.85. The number of carbonyl (C=O) groups is 2. The Labute approximate surface area is 111 Å². The SMILES string of the molecule is CC(=O)N1CC(C(=O)O)Oc2ccc(C(F)(F)F)cc21. The minimum atomic E-state index is -4.55. The number of carboxylic acid groups (broad SMARTS) is 1. The van der Waals surface area contributed by atoms with E-state index in [1.165, 1.54) is 0 Å². The molecule has 0 spiro atoms. The van der Waals surface area contributed by atoms with Crippen LogP contribution in [0.15, 0.2) is 18.2 Å². The number of nitrogens with zero attached hydrogens (tertiary/aromatic N) is 1. The van der Waals surface area contributed by atoms with Gasteiger partial charge < -0.3 is 14.7 Å². The molecule has 5 nitrogen and oxygen atoms in total. The van der Waals surface area contributed by atoms with E-state index in [9.17, 15) is 22.8 Å². The molecule has 2 rings (SSSR count). The normalized spacial score (nSPS) is 18.2. The lowest BCUT2D eigenvalue weighted by molar-refractivity contribution is -0.145. The van der Waals surface area contributed by atoms with E-state index in [1.54, 1.807) is 0 Å². The molecule has 0 fully saturated rings. The van der Waals surface area contributed by atoms with Crippen LogP contribution in [-0.2, 0) is 15.8 Å². The molecule has 0 saturated heterocycles. The summed E-state index contributed by atoms with van der Waals surface area (Å²) >= 11 is 0. The van der Waals surface area contributed by atoms with Crippen molar-refractivity contribution in [1.29, 1.82) is 0 Å². The zero-order valence-electron chi connectivity index (χ0n) is 10.3. The fourth-order valence-corrected chi connectivity index (χ4v) is 1.89. The molecule has 1 aliphatic heterocycles. The molecule has 8 heteroatoms. The van der Waals surface area contributed by atoms with Crippen LogP contribution in [0.1, 0.15) is 12.5 Å². The second kappa shape index (κ2) is 4.69. The zero-order valence-corrected chi connectivity index (χ0v) is 10.3. The van der Waals surface area contributed by atoms with Crippen LogP contribution in [0.3, 0.4) is 0 Å². The van der Waals surface area contributed by atoms with Crippen molar-refractivity contribution in [3.63, 3.8) is 0 Å². The number of hydrogen-bond acceptors (Lipinski definition) is 3. The Bertz CT molecular complexity index is 570. The third kappa shape index (κ3) is 2.54. The van der Waals surface area contributed by atoms with E-state index >= 15 is 0 Å². The van der Waals surface area contributed by atoms with Gasteiger partial charge in [-0.15, -0.1) is 0 Å². The topological polar surface area (TPSA) is 66.8 Å². The summed E-state index contributed by atoms with van der Waals surface area (Å²) in [6, 6.07) is 2.57. The van der Waals surface area contributed by atoms with Crippen molar-refractivity contribution in [3.05, 3.63) is 23.8 Å². The highest BCUT2D eigenvalue weighted by molar-refractivity contribution is 5.95. The van der Waals surface area contributed by atoms with Crippen LogP contribution < -0.4 is 9.64 Å². The van der Waals surface area contributed by atoms with Crippen LogP contribution in [0.4, 0.5) is 18.9 Å². The number of hydrogen-bond donors (Lipinski definition) is 1. The van der Waals surface area contributed by atoms with Crippen molar-refractivity contribution in [2.75, 3.05) is 11.4 Å². The number of fused-ring (bicyclic) bond motifs is 1. The van der Waals surface area contributed by atoms with Crippen molar-refractivity contribution in [2.45, 2.75) is 19.2 Å². The van der Waals surface area contributed by atoms with Crippen molar-refractivity contribution in [3.8, 4) is 5.75 Å². The van der Waals surface area contributed by atoms with Gasteiger partial charge in [-0.05, 0) is 18.2 Å². The van der Waals surface area contributed by atoms with Gasteiger partial charge in [0.2, 0.25) is 12.0 Å².